The first-order valence-electron chi connectivity index (χ1n) is 6.02. The van der Waals surface area contributed by atoms with Crippen LogP contribution in [0.4, 0.5) is 0 Å². The fourth-order valence-corrected chi connectivity index (χ4v) is 1.07. The molecule has 16 heavy (non-hydrogen) atoms. The molecule has 0 aliphatic heterocycles. The summed E-state index contributed by atoms with van der Waals surface area (Å²) in [5.41, 5.74) is 2.45. The van der Waals surface area contributed by atoms with Crippen molar-refractivity contribution in [2.75, 3.05) is 14.1 Å². The Kier molecular flexibility index (Phi) is 14.9. The maximum Gasteiger partial charge on any atom is 0.0281 e. The van der Waals surface area contributed by atoms with E-state index in [9.17, 15) is 0 Å². The lowest BCUT2D eigenvalue weighted by Crippen LogP contribution is -2.04. The van der Waals surface area contributed by atoms with Crippen molar-refractivity contribution in [1.29, 1.82) is 0 Å². The predicted molar refractivity (Wildman–Crippen MR) is 75.4 cm³/mol. The minimum absolute atomic E-state index is 0.920. The summed E-state index contributed by atoms with van der Waals surface area (Å²) in [6.07, 6.45) is 1.85. The van der Waals surface area contributed by atoms with Crippen molar-refractivity contribution in [3.8, 4) is 0 Å². The van der Waals surface area contributed by atoms with Crippen LogP contribution in [0.1, 0.15) is 38.8 Å². The summed E-state index contributed by atoms with van der Waals surface area (Å²) >= 11 is 0. The van der Waals surface area contributed by atoms with Crippen molar-refractivity contribution in [2.24, 2.45) is 4.99 Å². The molecule has 0 saturated carbocycles. The van der Waals surface area contributed by atoms with E-state index in [2.05, 4.69) is 34.6 Å². The standard InChI is InChI=1S/C10H14N2.2C2H6/c1-11-7-9-3-5-10(6-4-9)8-12-2;2*1-2/h3-7,12H,8H2,1-2H3;2*1-2H3. The molecule has 1 aromatic rings. The lowest BCUT2D eigenvalue weighted by molar-refractivity contribution is 0.818. The van der Waals surface area contributed by atoms with Crippen molar-refractivity contribution in [1.82, 2.24) is 5.32 Å². The van der Waals surface area contributed by atoms with Gasteiger partial charge >= 0.3 is 0 Å². The molecule has 0 radical (unpaired) electrons. The highest BCUT2D eigenvalue weighted by molar-refractivity contribution is 5.79. The third-order valence-corrected chi connectivity index (χ3v) is 1.64. The quantitative estimate of drug-likeness (QED) is 0.778. The van der Waals surface area contributed by atoms with Gasteiger partial charge in [-0.25, -0.2) is 0 Å². The van der Waals surface area contributed by atoms with Gasteiger partial charge in [0.05, 0.1) is 0 Å². The molecule has 0 unspecified atom stereocenters. The summed E-state index contributed by atoms with van der Waals surface area (Å²) in [5.74, 6) is 0. The fraction of sp³-hybridized carbons (Fsp3) is 0.500. The molecule has 2 nitrogen and oxygen atoms in total. The first-order valence-corrected chi connectivity index (χ1v) is 6.02. The Balaban J connectivity index is 0. The first-order chi connectivity index (χ1) is 7.86. The van der Waals surface area contributed by atoms with Gasteiger partial charge in [-0.15, -0.1) is 0 Å². The molecule has 0 aliphatic rings. The Morgan fingerprint density at radius 3 is 1.94 bits per heavy atom. The van der Waals surface area contributed by atoms with Gasteiger partial charge < -0.3 is 5.32 Å². The van der Waals surface area contributed by atoms with Gasteiger partial charge in [0.2, 0.25) is 0 Å². The summed E-state index contributed by atoms with van der Waals surface area (Å²) in [6, 6.07) is 8.35. The SMILES string of the molecule is CC.CC.CN=Cc1ccc(CNC)cc1. The highest BCUT2D eigenvalue weighted by Crippen LogP contribution is 2.01. The molecule has 92 valence electrons. The average molecular weight is 222 g/mol. The number of benzene rings is 1. The molecule has 0 aliphatic carbocycles. The topological polar surface area (TPSA) is 24.4 Å². The van der Waals surface area contributed by atoms with E-state index in [1.807, 2.05) is 41.0 Å². The molecule has 1 aromatic carbocycles. The molecule has 0 saturated heterocycles. The lowest BCUT2D eigenvalue weighted by Gasteiger charge is -1.99. The van der Waals surface area contributed by atoms with E-state index in [0.717, 1.165) is 12.1 Å². The monoisotopic (exact) mass is 222 g/mol. The van der Waals surface area contributed by atoms with Gasteiger partial charge in [0.1, 0.15) is 0 Å². The second-order valence-corrected chi connectivity index (χ2v) is 2.66. The normalized spacial score (nSPS) is 8.88. The Hall–Kier alpha value is -1.15. The highest BCUT2D eigenvalue weighted by atomic mass is 14.8. The van der Waals surface area contributed by atoms with Gasteiger partial charge in [-0.05, 0) is 18.2 Å². The van der Waals surface area contributed by atoms with Crippen molar-refractivity contribution in [3.63, 3.8) is 0 Å². The van der Waals surface area contributed by atoms with Crippen molar-refractivity contribution in [3.05, 3.63) is 35.4 Å². The molecule has 1 N–H and O–H groups in total. The molecule has 0 bridgehead atoms. The van der Waals surface area contributed by atoms with Gasteiger partial charge in [0.15, 0.2) is 0 Å². The Morgan fingerprint density at radius 2 is 1.56 bits per heavy atom. The summed E-state index contributed by atoms with van der Waals surface area (Å²) in [7, 11) is 3.73. The fourth-order valence-electron chi connectivity index (χ4n) is 1.07. The smallest absolute Gasteiger partial charge is 0.0281 e. The van der Waals surface area contributed by atoms with Crippen molar-refractivity contribution >= 4 is 6.21 Å². The van der Waals surface area contributed by atoms with Gasteiger partial charge in [-0.2, -0.15) is 0 Å². The van der Waals surface area contributed by atoms with E-state index in [4.69, 9.17) is 0 Å². The van der Waals surface area contributed by atoms with Crippen LogP contribution in [-0.4, -0.2) is 20.3 Å². The Labute approximate surface area is 101 Å². The molecule has 0 heterocycles. The number of rotatable bonds is 3. The van der Waals surface area contributed by atoms with E-state index < -0.39 is 0 Å². The van der Waals surface area contributed by atoms with Crippen LogP contribution >= 0.6 is 0 Å². The first kappa shape index (κ1) is 17.3. The lowest BCUT2D eigenvalue weighted by atomic mass is 10.1. The third-order valence-electron chi connectivity index (χ3n) is 1.64. The van der Waals surface area contributed by atoms with Gasteiger partial charge in [-0.1, -0.05) is 52.0 Å². The van der Waals surface area contributed by atoms with Crippen LogP contribution in [0.3, 0.4) is 0 Å². The molecule has 0 aromatic heterocycles. The van der Waals surface area contributed by atoms with E-state index in [-0.39, 0.29) is 0 Å². The second-order valence-electron chi connectivity index (χ2n) is 2.66. The number of aliphatic imine (C=N–C) groups is 1. The molecule has 0 atom stereocenters. The summed E-state index contributed by atoms with van der Waals surface area (Å²) in [6.45, 7) is 8.92. The molecule has 0 fully saturated rings. The predicted octanol–water partition coefficient (Wildman–Crippen LogP) is 3.51. The van der Waals surface area contributed by atoms with E-state index >= 15 is 0 Å². The van der Waals surface area contributed by atoms with Gasteiger partial charge in [-0.3, -0.25) is 4.99 Å². The Morgan fingerprint density at radius 1 is 1.06 bits per heavy atom. The van der Waals surface area contributed by atoms with Crippen LogP contribution in [0.15, 0.2) is 29.3 Å². The second kappa shape index (κ2) is 13.8. The van der Waals surface area contributed by atoms with E-state index in [1.54, 1.807) is 7.05 Å². The molecule has 0 amide bonds. The maximum absolute atomic E-state index is 3.94. The molecule has 2 heteroatoms. The molecule has 1 rings (SSSR count). The number of nitrogens with one attached hydrogen (secondary N) is 1. The maximum atomic E-state index is 3.94. The number of hydrogen-bond acceptors (Lipinski definition) is 2. The Bertz CT molecular complexity index is 250. The molecule has 0 spiro atoms. The van der Waals surface area contributed by atoms with Crippen molar-refractivity contribution in [2.45, 2.75) is 34.2 Å². The van der Waals surface area contributed by atoms with Gasteiger partial charge in [0, 0.05) is 19.8 Å². The van der Waals surface area contributed by atoms with Crippen LogP contribution in [0.5, 0.6) is 0 Å². The summed E-state index contributed by atoms with van der Waals surface area (Å²) < 4.78 is 0. The number of hydrogen-bond donors (Lipinski definition) is 1. The van der Waals surface area contributed by atoms with Crippen LogP contribution in [0.25, 0.3) is 0 Å². The van der Waals surface area contributed by atoms with Crippen molar-refractivity contribution < 1.29 is 0 Å². The van der Waals surface area contributed by atoms with Crippen LogP contribution in [-0.2, 0) is 6.54 Å². The van der Waals surface area contributed by atoms with Crippen LogP contribution < -0.4 is 5.32 Å². The summed E-state index contributed by atoms with van der Waals surface area (Å²) in [4.78, 5) is 3.94. The summed E-state index contributed by atoms with van der Waals surface area (Å²) in [5, 5.41) is 3.10. The largest absolute Gasteiger partial charge is 0.316 e. The van der Waals surface area contributed by atoms with Crippen LogP contribution in [0, 0.1) is 0 Å². The zero-order chi connectivity index (χ0) is 12.8. The third kappa shape index (κ3) is 8.18. The minimum atomic E-state index is 0.920. The van der Waals surface area contributed by atoms with E-state index in [0.29, 0.717) is 0 Å². The van der Waals surface area contributed by atoms with Crippen LogP contribution in [0.2, 0.25) is 0 Å². The number of nitrogens with zero attached hydrogens (tertiary/aromatic N) is 1. The van der Waals surface area contributed by atoms with Gasteiger partial charge in [0.25, 0.3) is 0 Å². The zero-order valence-corrected chi connectivity index (χ0v) is 11.5. The molecular weight excluding hydrogens is 196 g/mol. The highest BCUT2D eigenvalue weighted by Gasteiger charge is 1.89. The zero-order valence-electron chi connectivity index (χ0n) is 11.5. The average Bonchev–Trinajstić information content (AvgIpc) is 2.37. The van der Waals surface area contributed by atoms with E-state index in [1.165, 1.54) is 5.56 Å². The molecular formula is C14H26N2. The minimum Gasteiger partial charge on any atom is -0.316 e.